The molecule has 47 heavy (non-hydrogen) atoms. The fourth-order valence-corrected chi connectivity index (χ4v) is 7.79. The summed E-state index contributed by atoms with van der Waals surface area (Å²) in [6.07, 6.45) is 6.19. The second-order valence-corrected chi connectivity index (χ2v) is 12.8. The second kappa shape index (κ2) is 12.2. The molecule has 0 saturated heterocycles. The summed E-state index contributed by atoms with van der Waals surface area (Å²) in [6, 6.07) is 30.1. The Kier molecular flexibility index (Phi) is 8.07. The number of ether oxygens (including phenoxy) is 5. The molecule has 2 aliphatic rings. The summed E-state index contributed by atoms with van der Waals surface area (Å²) in [5.74, 6) is 2.49. The number of aryl methyl sites for hydroxylation is 2. The lowest BCUT2D eigenvalue weighted by Gasteiger charge is -2.40. The summed E-state index contributed by atoms with van der Waals surface area (Å²) in [5.41, 5.74) is 9.57. The quantitative estimate of drug-likeness (QED) is 0.155. The van der Waals surface area contributed by atoms with E-state index in [0.717, 1.165) is 52.2 Å². The number of fused-ring (bicyclic) bond motifs is 8. The van der Waals surface area contributed by atoms with E-state index in [1.54, 1.807) is 28.4 Å². The van der Waals surface area contributed by atoms with E-state index < -0.39 is 5.60 Å². The standard InChI is InChI=1S/C42H42O5/c1-27-7-17-33-36(25-27)40-35(39-38(33)34-18-8-28(2)26-37(34)41(39,21-23-43-3)22-24-44-4)19-20-42(47-40,29-9-13-31(45-5)14-10-29)30-11-15-32(46-6)16-12-30/h7-20,25-26H,21-24H2,1-6H3. The summed E-state index contributed by atoms with van der Waals surface area (Å²) >= 11 is 0. The highest BCUT2D eigenvalue weighted by Crippen LogP contribution is 2.60. The molecule has 0 spiro atoms. The van der Waals surface area contributed by atoms with Crippen LogP contribution in [-0.2, 0) is 20.5 Å². The van der Waals surface area contributed by atoms with Crippen LogP contribution >= 0.6 is 0 Å². The Balaban J connectivity index is 1.56. The van der Waals surface area contributed by atoms with Gasteiger partial charge in [0.15, 0.2) is 5.60 Å². The van der Waals surface area contributed by atoms with Gasteiger partial charge in [0.1, 0.15) is 17.2 Å². The first kappa shape index (κ1) is 31.0. The van der Waals surface area contributed by atoms with Crippen molar-refractivity contribution in [3.05, 3.63) is 130 Å². The van der Waals surface area contributed by atoms with Crippen molar-refractivity contribution in [1.29, 1.82) is 0 Å². The van der Waals surface area contributed by atoms with Crippen molar-refractivity contribution >= 4 is 16.8 Å². The van der Waals surface area contributed by atoms with Crippen molar-refractivity contribution in [2.75, 3.05) is 41.7 Å². The van der Waals surface area contributed by atoms with Gasteiger partial charge in [-0.15, -0.1) is 0 Å². The van der Waals surface area contributed by atoms with Crippen LogP contribution in [0.5, 0.6) is 17.2 Å². The van der Waals surface area contributed by atoms with Gasteiger partial charge < -0.3 is 23.7 Å². The molecule has 0 unspecified atom stereocenters. The molecule has 0 fully saturated rings. The Morgan fingerprint density at radius 3 is 1.79 bits per heavy atom. The number of hydrogen-bond donors (Lipinski definition) is 0. The van der Waals surface area contributed by atoms with Gasteiger partial charge in [-0.3, -0.25) is 0 Å². The van der Waals surface area contributed by atoms with Crippen LogP contribution in [0.2, 0.25) is 0 Å². The van der Waals surface area contributed by atoms with E-state index in [4.69, 9.17) is 23.7 Å². The molecule has 0 amide bonds. The third kappa shape index (κ3) is 4.92. The van der Waals surface area contributed by atoms with Gasteiger partial charge in [-0.25, -0.2) is 0 Å². The van der Waals surface area contributed by atoms with Gasteiger partial charge >= 0.3 is 0 Å². The first-order chi connectivity index (χ1) is 22.9. The molecule has 0 radical (unpaired) electrons. The van der Waals surface area contributed by atoms with Gasteiger partial charge in [0.25, 0.3) is 0 Å². The van der Waals surface area contributed by atoms with Gasteiger partial charge in [0.05, 0.1) is 14.2 Å². The van der Waals surface area contributed by atoms with Crippen LogP contribution in [0, 0.1) is 13.8 Å². The fraction of sp³-hybridized carbons (Fsp3) is 0.286. The molecule has 5 aromatic rings. The zero-order chi connectivity index (χ0) is 32.8. The van der Waals surface area contributed by atoms with Crippen molar-refractivity contribution in [3.63, 3.8) is 0 Å². The molecule has 0 bridgehead atoms. The molecule has 1 heterocycles. The van der Waals surface area contributed by atoms with Crippen LogP contribution in [0.15, 0.2) is 91.0 Å². The summed E-state index contributed by atoms with van der Waals surface area (Å²) in [7, 11) is 6.96. The highest BCUT2D eigenvalue weighted by Gasteiger charge is 2.48. The number of benzene rings is 5. The Hall–Kier alpha value is -4.58. The maximum absolute atomic E-state index is 7.53. The molecule has 1 aliphatic heterocycles. The minimum Gasteiger partial charge on any atom is -0.497 e. The van der Waals surface area contributed by atoms with E-state index in [2.05, 4.69) is 86.7 Å². The Labute approximate surface area is 277 Å². The van der Waals surface area contributed by atoms with Crippen molar-refractivity contribution in [1.82, 2.24) is 0 Å². The molecule has 1 aliphatic carbocycles. The van der Waals surface area contributed by atoms with E-state index in [0.29, 0.717) is 13.2 Å². The lowest BCUT2D eigenvalue weighted by atomic mass is 9.70. The van der Waals surface area contributed by atoms with Crippen LogP contribution in [-0.4, -0.2) is 41.7 Å². The zero-order valence-electron chi connectivity index (χ0n) is 28.1. The van der Waals surface area contributed by atoms with Crippen LogP contribution in [0.1, 0.15) is 51.8 Å². The number of rotatable bonds is 10. The molecule has 5 aromatic carbocycles. The maximum Gasteiger partial charge on any atom is 0.178 e. The molecular formula is C42H42O5. The van der Waals surface area contributed by atoms with Crippen LogP contribution < -0.4 is 14.2 Å². The molecule has 5 heteroatoms. The molecule has 240 valence electrons. The summed E-state index contributed by atoms with van der Waals surface area (Å²) in [5, 5.41) is 2.30. The molecule has 5 nitrogen and oxygen atoms in total. The van der Waals surface area contributed by atoms with Gasteiger partial charge in [0, 0.05) is 54.9 Å². The first-order valence-corrected chi connectivity index (χ1v) is 16.3. The molecule has 7 rings (SSSR count). The van der Waals surface area contributed by atoms with Crippen LogP contribution in [0.4, 0.5) is 0 Å². The Morgan fingerprint density at radius 1 is 0.638 bits per heavy atom. The average Bonchev–Trinajstić information content (AvgIpc) is 3.39. The predicted molar refractivity (Wildman–Crippen MR) is 189 cm³/mol. The third-order valence-corrected chi connectivity index (χ3v) is 10.1. The highest BCUT2D eigenvalue weighted by atomic mass is 16.5. The lowest BCUT2D eigenvalue weighted by molar-refractivity contribution is 0.143. The predicted octanol–water partition coefficient (Wildman–Crippen LogP) is 9.16. The minimum atomic E-state index is -0.889. The number of methoxy groups -OCH3 is 4. The Bertz CT molecular complexity index is 1920. The third-order valence-electron chi connectivity index (χ3n) is 10.1. The van der Waals surface area contributed by atoms with E-state index in [1.807, 2.05) is 24.3 Å². The summed E-state index contributed by atoms with van der Waals surface area (Å²) in [6.45, 7) is 5.59. The fourth-order valence-electron chi connectivity index (χ4n) is 7.79. The minimum absolute atomic E-state index is 0.320. The molecular weight excluding hydrogens is 584 g/mol. The molecule has 0 saturated carbocycles. The highest BCUT2D eigenvalue weighted by molar-refractivity contribution is 6.08. The second-order valence-electron chi connectivity index (χ2n) is 12.8. The number of hydrogen-bond acceptors (Lipinski definition) is 5. The monoisotopic (exact) mass is 626 g/mol. The topological polar surface area (TPSA) is 46.2 Å². The van der Waals surface area contributed by atoms with Crippen molar-refractivity contribution in [2.45, 2.75) is 37.7 Å². The van der Waals surface area contributed by atoms with Crippen molar-refractivity contribution < 1.29 is 23.7 Å². The summed E-state index contributed by atoms with van der Waals surface area (Å²) < 4.78 is 30.2. The summed E-state index contributed by atoms with van der Waals surface area (Å²) in [4.78, 5) is 0. The maximum atomic E-state index is 7.53. The lowest BCUT2D eigenvalue weighted by Crippen LogP contribution is -2.36. The van der Waals surface area contributed by atoms with Gasteiger partial charge in [-0.05, 0) is 90.7 Å². The van der Waals surface area contributed by atoms with Gasteiger partial charge in [-0.1, -0.05) is 71.8 Å². The first-order valence-electron chi connectivity index (χ1n) is 16.3. The average molecular weight is 627 g/mol. The molecule has 0 aromatic heterocycles. The van der Waals surface area contributed by atoms with E-state index in [9.17, 15) is 0 Å². The zero-order valence-corrected chi connectivity index (χ0v) is 28.1. The molecule has 0 N–H and O–H groups in total. The van der Waals surface area contributed by atoms with E-state index in [-0.39, 0.29) is 5.41 Å². The SMILES string of the molecule is COCCC1(CCOC)c2cc(C)ccc2-c2c1c1c(c3cc(C)ccc23)OC(c2ccc(OC)cc2)(c2ccc(OC)cc2)C=C1. The van der Waals surface area contributed by atoms with Crippen LogP contribution in [0.3, 0.4) is 0 Å². The van der Waals surface area contributed by atoms with Gasteiger partial charge in [0.2, 0.25) is 0 Å². The van der Waals surface area contributed by atoms with Crippen molar-refractivity contribution in [2.24, 2.45) is 0 Å². The normalized spacial score (nSPS) is 15.1. The van der Waals surface area contributed by atoms with E-state index in [1.165, 1.54) is 38.8 Å². The van der Waals surface area contributed by atoms with Crippen molar-refractivity contribution in [3.8, 4) is 28.4 Å². The Morgan fingerprint density at radius 2 is 1.21 bits per heavy atom. The largest absolute Gasteiger partial charge is 0.497 e. The smallest absolute Gasteiger partial charge is 0.178 e. The van der Waals surface area contributed by atoms with Crippen LogP contribution in [0.25, 0.3) is 28.0 Å². The molecule has 0 atom stereocenters. The van der Waals surface area contributed by atoms with Gasteiger partial charge in [-0.2, -0.15) is 0 Å². The van der Waals surface area contributed by atoms with E-state index >= 15 is 0 Å².